The number of ether oxygens (including phenoxy) is 2. The lowest BCUT2D eigenvalue weighted by Gasteiger charge is -2.43. The molecule has 2 aromatic rings. The van der Waals surface area contributed by atoms with E-state index in [0.29, 0.717) is 5.56 Å². The largest absolute Gasteiger partial charge is 0.458 e. The van der Waals surface area contributed by atoms with Gasteiger partial charge in [-0.3, -0.25) is 14.4 Å². The van der Waals surface area contributed by atoms with Crippen LogP contribution in [0.3, 0.4) is 0 Å². The van der Waals surface area contributed by atoms with Gasteiger partial charge in [0.15, 0.2) is 0 Å². The fraction of sp³-hybridized carbons (Fsp3) is 0.514. The van der Waals surface area contributed by atoms with Crippen LogP contribution < -0.4 is 16.4 Å². The molecule has 2 rings (SSSR count). The standard InChI is InChI=1S/C35H50N4O7/c1-22-15-14-18-24(19-22)28(29(41)37-26(31(43)45-34(5,6)7)20-23-16-12-11-13-17-23)39(33(2,3)4)30(42)25(21-27(36)40)38-32(44)46-35(8,9)10/h11-19,25-26,28H,20-21H2,1-10H3,(H2,36,40)(H,37,41)(H,38,44). The number of rotatable bonds is 11. The number of amides is 4. The Hall–Kier alpha value is -4.41. The van der Waals surface area contributed by atoms with Crippen molar-refractivity contribution < 1.29 is 33.4 Å². The van der Waals surface area contributed by atoms with Gasteiger partial charge in [-0.05, 0) is 80.4 Å². The maximum atomic E-state index is 14.5. The van der Waals surface area contributed by atoms with E-state index in [1.54, 1.807) is 80.5 Å². The first-order valence-corrected chi connectivity index (χ1v) is 15.3. The summed E-state index contributed by atoms with van der Waals surface area (Å²) in [6.07, 6.45) is -1.33. The van der Waals surface area contributed by atoms with Gasteiger partial charge >= 0.3 is 12.1 Å². The number of esters is 1. The predicted molar refractivity (Wildman–Crippen MR) is 175 cm³/mol. The third-order valence-corrected chi connectivity index (χ3v) is 6.51. The molecule has 0 heterocycles. The van der Waals surface area contributed by atoms with Crippen LogP contribution in [-0.4, -0.2) is 63.5 Å². The quantitative estimate of drug-likeness (QED) is 0.306. The minimum Gasteiger partial charge on any atom is -0.458 e. The minimum absolute atomic E-state index is 0.135. The number of hydrogen-bond acceptors (Lipinski definition) is 7. The Morgan fingerprint density at radius 2 is 1.37 bits per heavy atom. The number of nitrogens with zero attached hydrogens (tertiary/aromatic N) is 1. The third kappa shape index (κ3) is 12.2. The molecular formula is C35H50N4O7. The molecule has 0 fully saturated rings. The Morgan fingerprint density at radius 1 is 0.783 bits per heavy atom. The number of nitrogens with two attached hydrogens (primary N) is 1. The maximum Gasteiger partial charge on any atom is 0.408 e. The van der Waals surface area contributed by atoms with Crippen molar-refractivity contribution in [1.29, 1.82) is 0 Å². The number of hydrogen-bond donors (Lipinski definition) is 3. The molecule has 11 heteroatoms. The molecule has 3 unspecified atom stereocenters. The van der Waals surface area contributed by atoms with Crippen molar-refractivity contribution in [1.82, 2.24) is 15.5 Å². The number of carbonyl (C=O) groups excluding carboxylic acids is 5. The van der Waals surface area contributed by atoms with Crippen LogP contribution in [0.5, 0.6) is 0 Å². The Balaban J connectivity index is 2.66. The van der Waals surface area contributed by atoms with E-state index in [1.807, 2.05) is 43.3 Å². The number of primary amides is 1. The van der Waals surface area contributed by atoms with Gasteiger partial charge in [0, 0.05) is 12.0 Å². The van der Waals surface area contributed by atoms with Gasteiger partial charge in [0.05, 0.1) is 6.42 Å². The summed E-state index contributed by atoms with van der Waals surface area (Å²) in [6.45, 7) is 17.2. The monoisotopic (exact) mass is 638 g/mol. The van der Waals surface area contributed by atoms with Gasteiger partial charge in [0.1, 0.15) is 29.3 Å². The molecule has 0 spiro atoms. The van der Waals surface area contributed by atoms with Crippen LogP contribution in [0.1, 0.15) is 91.5 Å². The lowest BCUT2D eigenvalue weighted by Crippen LogP contribution is -2.60. The molecule has 0 bridgehead atoms. The molecule has 2 aromatic carbocycles. The van der Waals surface area contributed by atoms with Crippen LogP contribution in [0.25, 0.3) is 0 Å². The summed E-state index contributed by atoms with van der Waals surface area (Å²) in [5.74, 6) is -2.88. The highest BCUT2D eigenvalue weighted by Gasteiger charge is 2.43. The fourth-order valence-electron chi connectivity index (χ4n) is 4.79. The number of benzene rings is 2. The summed E-state index contributed by atoms with van der Waals surface area (Å²) >= 11 is 0. The highest BCUT2D eigenvalue weighted by Crippen LogP contribution is 2.31. The van der Waals surface area contributed by atoms with Crippen LogP contribution >= 0.6 is 0 Å². The van der Waals surface area contributed by atoms with Gasteiger partial charge in [0.2, 0.25) is 17.7 Å². The molecule has 0 radical (unpaired) electrons. The second-order valence-electron chi connectivity index (χ2n) is 14.3. The lowest BCUT2D eigenvalue weighted by molar-refractivity contribution is -0.159. The Bertz CT molecular complexity index is 1390. The molecule has 11 nitrogen and oxygen atoms in total. The molecule has 4 amide bonds. The van der Waals surface area contributed by atoms with Crippen LogP contribution in [0.2, 0.25) is 0 Å². The highest BCUT2D eigenvalue weighted by atomic mass is 16.6. The second-order valence-corrected chi connectivity index (χ2v) is 14.3. The van der Waals surface area contributed by atoms with Crippen LogP contribution in [0.15, 0.2) is 54.6 Å². The minimum atomic E-state index is -1.45. The van der Waals surface area contributed by atoms with Gasteiger partial charge in [0.25, 0.3) is 0 Å². The first-order chi connectivity index (χ1) is 21.1. The van der Waals surface area contributed by atoms with E-state index in [4.69, 9.17) is 15.2 Å². The summed E-state index contributed by atoms with van der Waals surface area (Å²) in [6, 6.07) is 12.4. The Morgan fingerprint density at radius 3 is 1.87 bits per heavy atom. The van der Waals surface area contributed by atoms with Crippen molar-refractivity contribution in [3.05, 3.63) is 71.3 Å². The van der Waals surface area contributed by atoms with Crippen LogP contribution in [0, 0.1) is 6.92 Å². The number of alkyl carbamates (subject to hydrolysis) is 1. The Labute approximate surface area is 272 Å². The van der Waals surface area contributed by atoms with Crippen LogP contribution in [0.4, 0.5) is 4.79 Å². The average Bonchev–Trinajstić information content (AvgIpc) is 2.88. The summed E-state index contributed by atoms with van der Waals surface area (Å²) in [5, 5.41) is 5.33. The van der Waals surface area contributed by atoms with Crippen molar-refractivity contribution >= 4 is 29.8 Å². The molecule has 0 aliphatic carbocycles. The first-order valence-electron chi connectivity index (χ1n) is 15.3. The molecule has 4 N–H and O–H groups in total. The van der Waals surface area contributed by atoms with Gasteiger partial charge in [-0.15, -0.1) is 0 Å². The van der Waals surface area contributed by atoms with Crippen molar-refractivity contribution in [3.8, 4) is 0 Å². The average molecular weight is 639 g/mol. The lowest BCUT2D eigenvalue weighted by atomic mass is 9.93. The second kappa shape index (κ2) is 15.2. The SMILES string of the molecule is Cc1cccc(C(C(=O)NC(Cc2ccccc2)C(=O)OC(C)(C)C)N(C(=O)C(CC(N)=O)NC(=O)OC(C)(C)C)C(C)(C)C)c1. The molecule has 0 saturated heterocycles. The van der Waals surface area contributed by atoms with Gasteiger partial charge in [-0.2, -0.15) is 0 Å². The van der Waals surface area contributed by atoms with Crippen molar-refractivity contribution in [2.75, 3.05) is 0 Å². The molecule has 46 heavy (non-hydrogen) atoms. The third-order valence-electron chi connectivity index (χ3n) is 6.51. The molecule has 0 aliphatic heterocycles. The number of carbonyl (C=O) groups is 5. The molecule has 252 valence electrons. The summed E-state index contributed by atoms with van der Waals surface area (Å²) < 4.78 is 11.0. The normalized spacial score (nSPS) is 13.9. The summed E-state index contributed by atoms with van der Waals surface area (Å²) in [5.41, 5.74) is 4.83. The van der Waals surface area contributed by atoms with Crippen molar-refractivity contribution in [2.24, 2.45) is 5.73 Å². The van der Waals surface area contributed by atoms with E-state index < -0.39 is 71.1 Å². The maximum absolute atomic E-state index is 14.5. The van der Waals surface area contributed by atoms with E-state index in [1.165, 1.54) is 4.90 Å². The molecule has 0 saturated carbocycles. The van der Waals surface area contributed by atoms with E-state index >= 15 is 0 Å². The zero-order valence-corrected chi connectivity index (χ0v) is 28.7. The van der Waals surface area contributed by atoms with E-state index in [0.717, 1.165) is 11.1 Å². The smallest absolute Gasteiger partial charge is 0.408 e. The van der Waals surface area contributed by atoms with Gasteiger partial charge < -0.3 is 30.7 Å². The highest BCUT2D eigenvalue weighted by molar-refractivity contribution is 5.96. The van der Waals surface area contributed by atoms with E-state index in [9.17, 15) is 24.0 Å². The molecule has 3 atom stereocenters. The molecule has 0 aromatic heterocycles. The Kier molecular flexibility index (Phi) is 12.5. The zero-order chi connectivity index (χ0) is 35.0. The van der Waals surface area contributed by atoms with E-state index in [2.05, 4.69) is 10.6 Å². The molecule has 0 aliphatic rings. The predicted octanol–water partition coefficient (Wildman–Crippen LogP) is 4.50. The topological polar surface area (TPSA) is 157 Å². The van der Waals surface area contributed by atoms with Crippen molar-refractivity contribution in [3.63, 3.8) is 0 Å². The fourth-order valence-corrected chi connectivity index (χ4v) is 4.79. The molecular weight excluding hydrogens is 588 g/mol. The first kappa shape index (κ1) is 37.8. The summed E-state index contributed by atoms with van der Waals surface area (Å²) in [4.78, 5) is 68.5. The van der Waals surface area contributed by atoms with Crippen LogP contribution in [-0.2, 0) is 35.1 Å². The van der Waals surface area contributed by atoms with Gasteiger partial charge in [-0.1, -0.05) is 60.2 Å². The zero-order valence-electron chi connectivity index (χ0n) is 28.7. The number of aryl methyl sites for hydroxylation is 1. The van der Waals surface area contributed by atoms with Gasteiger partial charge in [-0.25, -0.2) is 9.59 Å². The number of nitrogens with one attached hydrogen (secondary N) is 2. The van der Waals surface area contributed by atoms with E-state index in [-0.39, 0.29) is 6.42 Å². The summed E-state index contributed by atoms with van der Waals surface area (Å²) in [7, 11) is 0. The van der Waals surface area contributed by atoms with Crippen molar-refractivity contribution in [2.45, 2.75) is 117 Å².